The molecule has 2 N–H and O–H groups in total. The van der Waals surface area contributed by atoms with E-state index >= 15 is 0 Å². The summed E-state index contributed by atoms with van der Waals surface area (Å²) < 4.78 is 11.2. The number of para-hydroxylation sites is 1. The molecular weight excluding hydrogens is 348 g/mol. The maximum absolute atomic E-state index is 12.7. The zero-order valence-corrected chi connectivity index (χ0v) is 14.9. The Morgan fingerprint density at radius 3 is 2.96 bits per heavy atom. The first-order chi connectivity index (χ1) is 13.2. The standard InChI is InChI=1S/C19H22N4O4/c24-17-8-7-16(21-22-17)23-9-2-1-4-13(23)12-20-19(25)14-5-3-6-15-18(14)27-11-10-26-15/h3,5-8,13H,1-2,4,9-12H2,(H,20,25)(H,22,24). The highest BCUT2D eigenvalue weighted by Gasteiger charge is 2.26. The number of nitrogens with zero attached hydrogens (tertiary/aromatic N) is 2. The normalized spacial score (nSPS) is 18.8. The summed E-state index contributed by atoms with van der Waals surface area (Å²) in [5, 5.41) is 9.63. The smallest absolute Gasteiger partial charge is 0.264 e. The van der Waals surface area contributed by atoms with E-state index in [1.165, 1.54) is 6.07 Å². The maximum atomic E-state index is 12.7. The van der Waals surface area contributed by atoms with Crippen LogP contribution in [0.5, 0.6) is 11.5 Å². The first kappa shape index (κ1) is 17.4. The van der Waals surface area contributed by atoms with Crippen molar-refractivity contribution in [2.75, 3.05) is 31.2 Å². The summed E-state index contributed by atoms with van der Waals surface area (Å²) in [6.07, 6.45) is 3.11. The Morgan fingerprint density at radius 1 is 1.22 bits per heavy atom. The van der Waals surface area contributed by atoms with Crippen LogP contribution in [0.25, 0.3) is 0 Å². The van der Waals surface area contributed by atoms with Crippen molar-refractivity contribution in [3.8, 4) is 11.5 Å². The lowest BCUT2D eigenvalue weighted by Gasteiger charge is -2.36. The molecule has 1 saturated heterocycles. The van der Waals surface area contributed by atoms with E-state index in [0.29, 0.717) is 36.8 Å². The summed E-state index contributed by atoms with van der Waals surface area (Å²) in [5.74, 6) is 1.65. The zero-order valence-electron chi connectivity index (χ0n) is 14.9. The van der Waals surface area contributed by atoms with Crippen LogP contribution in [0.4, 0.5) is 5.82 Å². The van der Waals surface area contributed by atoms with E-state index in [2.05, 4.69) is 20.4 Å². The molecule has 0 saturated carbocycles. The molecule has 1 fully saturated rings. The Balaban J connectivity index is 1.46. The van der Waals surface area contributed by atoms with Gasteiger partial charge in [0, 0.05) is 25.2 Å². The molecule has 4 rings (SSSR count). The highest BCUT2D eigenvalue weighted by atomic mass is 16.6. The van der Waals surface area contributed by atoms with Gasteiger partial charge in [0.1, 0.15) is 19.0 Å². The molecule has 1 aromatic carbocycles. The molecule has 8 nitrogen and oxygen atoms in total. The minimum absolute atomic E-state index is 0.123. The van der Waals surface area contributed by atoms with Crippen LogP contribution < -0.4 is 25.2 Å². The van der Waals surface area contributed by atoms with Crippen LogP contribution in [0, 0.1) is 0 Å². The minimum Gasteiger partial charge on any atom is -0.486 e. The number of amides is 1. The van der Waals surface area contributed by atoms with Crippen molar-refractivity contribution in [3.63, 3.8) is 0 Å². The Hall–Kier alpha value is -3.03. The number of nitrogens with one attached hydrogen (secondary N) is 2. The molecule has 0 aliphatic carbocycles. The van der Waals surface area contributed by atoms with E-state index in [0.717, 1.165) is 31.6 Å². The van der Waals surface area contributed by atoms with Crippen molar-refractivity contribution >= 4 is 11.7 Å². The van der Waals surface area contributed by atoms with Gasteiger partial charge in [-0.2, -0.15) is 5.10 Å². The quantitative estimate of drug-likeness (QED) is 0.843. The second-order valence-electron chi connectivity index (χ2n) is 6.66. The molecule has 8 heteroatoms. The van der Waals surface area contributed by atoms with E-state index in [9.17, 15) is 9.59 Å². The van der Waals surface area contributed by atoms with E-state index in [4.69, 9.17) is 9.47 Å². The number of piperidine rings is 1. The van der Waals surface area contributed by atoms with E-state index < -0.39 is 0 Å². The lowest BCUT2D eigenvalue weighted by atomic mass is 10.0. The first-order valence-electron chi connectivity index (χ1n) is 9.21. The largest absolute Gasteiger partial charge is 0.486 e. The third-order valence-electron chi connectivity index (χ3n) is 4.89. The third-order valence-corrected chi connectivity index (χ3v) is 4.89. The van der Waals surface area contributed by atoms with Gasteiger partial charge >= 0.3 is 0 Å². The molecule has 0 spiro atoms. The molecule has 2 aliphatic heterocycles. The topological polar surface area (TPSA) is 96.6 Å². The second-order valence-corrected chi connectivity index (χ2v) is 6.66. The number of aromatic nitrogens is 2. The zero-order chi connectivity index (χ0) is 18.6. The SMILES string of the molecule is O=C(NCC1CCCCN1c1ccc(=O)[nH]n1)c1cccc2c1OCCO2. The van der Waals surface area contributed by atoms with Crippen molar-refractivity contribution in [1.82, 2.24) is 15.5 Å². The van der Waals surface area contributed by atoms with Gasteiger partial charge in [-0.15, -0.1) is 0 Å². The molecule has 1 amide bonds. The number of hydrogen-bond acceptors (Lipinski definition) is 6. The molecular formula is C19H22N4O4. The number of anilines is 1. The van der Waals surface area contributed by atoms with Gasteiger partial charge in [0.15, 0.2) is 11.5 Å². The lowest BCUT2D eigenvalue weighted by Crippen LogP contribution is -2.47. The highest BCUT2D eigenvalue weighted by Crippen LogP contribution is 2.33. The van der Waals surface area contributed by atoms with E-state index in [1.54, 1.807) is 24.3 Å². The number of ether oxygens (including phenoxy) is 2. The van der Waals surface area contributed by atoms with Crippen LogP contribution in [0.15, 0.2) is 35.1 Å². The molecule has 1 aromatic heterocycles. The summed E-state index contributed by atoms with van der Waals surface area (Å²) in [6, 6.07) is 8.65. The first-order valence-corrected chi connectivity index (χ1v) is 9.21. The summed E-state index contributed by atoms with van der Waals surface area (Å²) in [4.78, 5) is 26.1. The molecule has 2 aliphatic rings. The fourth-order valence-corrected chi connectivity index (χ4v) is 3.57. The number of rotatable bonds is 4. The average molecular weight is 370 g/mol. The van der Waals surface area contributed by atoms with Crippen molar-refractivity contribution in [2.24, 2.45) is 0 Å². The number of carbonyl (C=O) groups excluding carboxylic acids is 1. The fourth-order valence-electron chi connectivity index (χ4n) is 3.57. The Morgan fingerprint density at radius 2 is 2.11 bits per heavy atom. The van der Waals surface area contributed by atoms with Crippen molar-refractivity contribution in [2.45, 2.75) is 25.3 Å². The number of aromatic amines is 1. The van der Waals surface area contributed by atoms with Crippen LogP contribution in [0.1, 0.15) is 29.6 Å². The molecule has 0 bridgehead atoms. The molecule has 1 atom stereocenters. The highest BCUT2D eigenvalue weighted by molar-refractivity contribution is 5.97. The number of H-pyrrole nitrogens is 1. The molecule has 3 heterocycles. The van der Waals surface area contributed by atoms with Crippen LogP contribution in [0.2, 0.25) is 0 Å². The predicted octanol–water partition coefficient (Wildman–Crippen LogP) is 1.33. The molecule has 27 heavy (non-hydrogen) atoms. The Kier molecular flexibility index (Phi) is 4.95. The average Bonchev–Trinajstić information content (AvgIpc) is 2.72. The molecule has 2 aromatic rings. The summed E-state index contributed by atoms with van der Waals surface area (Å²) in [6.45, 7) is 2.26. The van der Waals surface area contributed by atoms with Crippen LogP contribution in [-0.2, 0) is 0 Å². The maximum Gasteiger partial charge on any atom is 0.264 e. The summed E-state index contributed by atoms with van der Waals surface area (Å²) >= 11 is 0. The van der Waals surface area contributed by atoms with E-state index in [-0.39, 0.29) is 17.5 Å². The van der Waals surface area contributed by atoms with Gasteiger partial charge in [0.2, 0.25) is 0 Å². The van der Waals surface area contributed by atoms with Crippen LogP contribution in [-0.4, -0.2) is 48.4 Å². The monoisotopic (exact) mass is 370 g/mol. The van der Waals surface area contributed by atoms with Gasteiger partial charge in [-0.25, -0.2) is 5.10 Å². The van der Waals surface area contributed by atoms with Gasteiger partial charge in [-0.3, -0.25) is 9.59 Å². The second kappa shape index (κ2) is 7.69. The number of carbonyl (C=O) groups is 1. The number of benzene rings is 1. The van der Waals surface area contributed by atoms with Gasteiger partial charge in [-0.1, -0.05) is 6.07 Å². The minimum atomic E-state index is -0.225. The van der Waals surface area contributed by atoms with Gasteiger partial charge < -0.3 is 19.7 Å². The van der Waals surface area contributed by atoms with Crippen molar-refractivity contribution in [1.29, 1.82) is 0 Å². The summed E-state index contributed by atoms with van der Waals surface area (Å²) in [7, 11) is 0. The summed E-state index contributed by atoms with van der Waals surface area (Å²) in [5.41, 5.74) is 0.258. The molecule has 0 radical (unpaired) electrons. The number of hydrogen-bond donors (Lipinski definition) is 2. The molecule has 142 valence electrons. The lowest BCUT2D eigenvalue weighted by molar-refractivity contribution is 0.0938. The molecule has 1 unspecified atom stereocenters. The Labute approximate surface area is 156 Å². The Bertz CT molecular complexity index is 862. The fraction of sp³-hybridized carbons (Fsp3) is 0.421. The van der Waals surface area contributed by atoms with E-state index in [1.807, 2.05) is 0 Å². The number of fused-ring (bicyclic) bond motifs is 1. The van der Waals surface area contributed by atoms with Gasteiger partial charge in [-0.05, 0) is 37.5 Å². The van der Waals surface area contributed by atoms with Gasteiger partial charge in [0.25, 0.3) is 11.5 Å². The van der Waals surface area contributed by atoms with Crippen molar-refractivity contribution in [3.05, 3.63) is 46.2 Å². The van der Waals surface area contributed by atoms with Crippen molar-refractivity contribution < 1.29 is 14.3 Å². The van der Waals surface area contributed by atoms with Crippen LogP contribution in [0.3, 0.4) is 0 Å². The predicted molar refractivity (Wildman–Crippen MR) is 99.6 cm³/mol. The van der Waals surface area contributed by atoms with Crippen LogP contribution >= 0.6 is 0 Å². The third kappa shape index (κ3) is 3.74. The van der Waals surface area contributed by atoms with Gasteiger partial charge in [0.05, 0.1) is 5.56 Å².